The highest BCUT2D eigenvalue weighted by Crippen LogP contribution is 2.33. The van der Waals surface area contributed by atoms with Gasteiger partial charge in [0.2, 0.25) is 5.91 Å². The third kappa shape index (κ3) is 5.96. The summed E-state index contributed by atoms with van der Waals surface area (Å²) in [6.07, 6.45) is 1.79. The highest BCUT2D eigenvalue weighted by atomic mass is 79.9. The number of carbonyl (C=O) groups excluding carboxylic acids is 2. The van der Waals surface area contributed by atoms with Crippen LogP contribution in [0.3, 0.4) is 0 Å². The Hall–Kier alpha value is -1.56. The second kappa shape index (κ2) is 8.63. The first-order valence-electron chi connectivity index (χ1n) is 9.61. The molecule has 0 aliphatic carbocycles. The van der Waals surface area contributed by atoms with Crippen LogP contribution < -0.4 is 5.32 Å². The van der Waals surface area contributed by atoms with Crippen LogP contribution in [-0.4, -0.2) is 39.9 Å². The molecule has 1 aromatic carbocycles. The maximum absolute atomic E-state index is 12.8. The second-order valence-corrected chi connectivity index (χ2v) is 9.74. The van der Waals surface area contributed by atoms with E-state index >= 15 is 0 Å². The highest BCUT2D eigenvalue weighted by Gasteiger charge is 2.41. The van der Waals surface area contributed by atoms with Gasteiger partial charge in [0.15, 0.2) is 0 Å². The van der Waals surface area contributed by atoms with E-state index in [2.05, 4.69) is 52.4 Å². The Kier molecular flexibility index (Phi) is 6.95. The third-order valence-corrected chi connectivity index (χ3v) is 6.00. The van der Waals surface area contributed by atoms with Crippen LogP contribution in [0.15, 0.2) is 24.3 Å². The maximum atomic E-state index is 12.8. The largest absolute Gasteiger partial charge is 0.444 e. The number of aryl methyl sites for hydroxylation is 1. The van der Waals surface area contributed by atoms with Gasteiger partial charge in [-0.25, -0.2) is 4.79 Å². The van der Waals surface area contributed by atoms with Gasteiger partial charge in [0.05, 0.1) is 6.04 Å². The van der Waals surface area contributed by atoms with Gasteiger partial charge >= 0.3 is 6.09 Å². The number of halogens is 1. The SMILES string of the molecule is CCc1ccc([C@@H](C)NC(=O)C2(Br)CCN(C(=O)OC(C)(C)C)CC2)cc1. The van der Waals surface area contributed by atoms with Gasteiger partial charge < -0.3 is 15.0 Å². The van der Waals surface area contributed by atoms with Crippen LogP contribution in [0, 0.1) is 0 Å². The molecule has 0 bridgehead atoms. The minimum Gasteiger partial charge on any atom is -0.444 e. The first-order valence-corrected chi connectivity index (χ1v) is 10.4. The highest BCUT2D eigenvalue weighted by molar-refractivity contribution is 9.10. The van der Waals surface area contributed by atoms with Crippen molar-refractivity contribution in [1.82, 2.24) is 10.2 Å². The lowest BCUT2D eigenvalue weighted by atomic mass is 9.95. The maximum Gasteiger partial charge on any atom is 0.410 e. The van der Waals surface area contributed by atoms with Crippen molar-refractivity contribution in [2.45, 2.75) is 69.8 Å². The standard InChI is InChI=1S/C21H31BrN2O3/c1-6-16-7-9-17(10-8-16)15(2)23-18(25)21(22)11-13-24(14-12-21)19(26)27-20(3,4)5/h7-10,15H,6,11-14H2,1-5H3,(H,23,25)/t15-/m1/s1. The molecule has 1 N–H and O–H groups in total. The zero-order valence-corrected chi connectivity index (χ0v) is 18.6. The summed E-state index contributed by atoms with van der Waals surface area (Å²) in [6, 6.07) is 8.26. The molecule has 5 nitrogen and oxygen atoms in total. The van der Waals surface area contributed by atoms with E-state index in [4.69, 9.17) is 4.74 Å². The summed E-state index contributed by atoms with van der Waals surface area (Å²) >= 11 is 3.63. The number of ether oxygens (including phenoxy) is 1. The lowest BCUT2D eigenvalue weighted by Crippen LogP contribution is -2.52. The molecule has 0 spiro atoms. The number of benzene rings is 1. The summed E-state index contributed by atoms with van der Waals surface area (Å²) in [7, 11) is 0. The number of amides is 2. The van der Waals surface area contributed by atoms with E-state index in [0.29, 0.717) is 25.9 Å². The monoisotopic (exact) mass is 438 g/mol. The van der Waals surface area contributed by atoms with E-state index in [1.807, 2.05) is 27.7 Å². The Labute approximate surface area is 171 Å². The van der Waals surface area contributed by atoms with E-state index in [1.54, 1.807) is 4.90 Å². The van der Waals surface area contributed by atoms with Crippen LogP contribution in [0.4, 0.5) is 4.79 Å². The predicted molar refractivity (Wildman–Crippen MR) is 111 cm³/mol. The minimum atomic E-state index is -0.650. The summed E-state index contributed by atoms with van der Waals surface area (Å²) < 4.78 is 4.77. The zero-order valence-electron chi connectivity index (χ0n) is 17.0. The van der Waals surface area contributed by atoms with E-state index in [1.165, 1.54) is 5.56 Å². The number of carbonyl (C=O) groups is 2. The molecule has 1 atom stereocenters. The van der Waals surface area contributed by atoms with Gasteiger partial charge in [-0.05, 0) is 58.1 Å². The van der Waals surface area contributed by atoms with E-state index in [9.17, 15) is 9.59 Å². The quantitative estimate of drug-likeness (QED) is 0.699. The number of nitrogens with zero attached hydrogens (tertiary/aromatic N) is 1. The predicted octanol–water partition coefficient (Wildman–Crippen LogP) is 4.59. The molecule has 150 valence electrons. The van der Waals surface area contributed by atoms with Crippen LogP contribution in [0.5, 0.6) is 0 Å². The molecule has 1 saturated heterocycles. The summed E-state index contributed by atoms with van der Waals surface area (Å²) in [6.45, 7) is 10.7. The number of nitrogens with one attached hydrogen (secondary N) is 1. The van der Waals surface area contributed by atoms with Gasteiger partial charge in [-0.2, -0.15) is 0 Å². The Bertz CT molecular complexity index is 659. The minimum absolute atomic E-state index is 0.0293. The molecule has 6 heteroatoms. The van der Waals surface area contributed by atoms with Gasteiger partial charge in [0, 0.05) is 13.1 Å². The molecule has 1 aromatic rings. The van der Waals surface area contributed by atoms with Gasteiger partial charge in [0.25, 0.3) is 0 Å². The van der Waals surface area contributed by atoms with Crippen LogP contribution in [0.2, 0.25) is 0 Å². The fourth-order valence-electron chi connectivity index (χ4n) is 3.05. The average molecular weight is 439 g/mol. The fourth-order valence-corrected chi connectivity index (χ4v) is 3.52. The number of hydrogen-bond acceptors (Lipinski definition) is 3. The number of piperidine rings is 1. The molecule has 0 saturated carbocycles. The summed E-state index contributed by atoms with van der Waals surface area (Å²) in [5.74, 6) is -0.0293. The number of hydrogen-bond donors (Lipinski definition) is 1. The summed E-state index contributed by atoms with van der Waals surface area (Å²) in [4.78, 5) is 26.7. The van der Waals surface area contributed by atoms with Crippen molar-refractivity contribution in [1.29, 1.82) is 0 Å². The molecular weight excluding hydrogens is 408 g/mol. The van der Waals surface area contributed by atoms with E-state index < -0.39 is 9.93 Å². The molecule has 1 aliphatic rings. The van der Waals surface area contributed by atoms with Crippen molar-refractivity contribution in [2.24, 2.45) is 0 Å². The number of likely N-dealkylation sites (tertiary alicyclic amines) is 1. The van der Waals surface area contributed by atoms with Gasteiger partial charge in [0.1, 0.15) is 9.93 Å². The number of alkyl halides is 1. The van der Waals surface area contributed by atoms with Gasteiger partial charge in [-0.1, -0.05) is 47.1 Å². The molecular formula is C21H31BrN2O3. The van der Waals surface area contributed by atoms with Crippen molar-refractivity contribution >= 4 is 27.9 Å². The molecule has 2 amide bonds. The van der Waals surface area contributed by atoms with Crippen molar-refractivity contribution in [2.75, 3.05) is 13.1 Å². The zero-order chi connectivity index (χ0) is 20.2. The molecule has 1 heterocycles. The molecule has 1 aliphatic heterocycles. The van der Waals surface area contributed by atoms with Crippen molar-refractivity contribution in [3.05, 3.63) is 35.4 Å². The van der Waals surface area contributed by atoms with Crippen LogP contribution >= 0.6 is 15.9 Å². The van der Waals surface area contributed by atoms with Crippen molar-refractivity contribution < 1.29 is 14.3 Å². The molecule has 2 rings (SSSR count). The van der Waals surface area contributed by atoms with Crippen molar-refractivity contribution in [3.8, 4) is 0 Å². The second-order valence-electron chi connectivity index (χ2n) is 8.22. The Balaban J connectivity index is 1.91. The van der Waals surface area contributed by atoms with Crippen LogP contribution in [0.25, 0.3) is 0 Å². The molecule has 0 radical (unpaired) electrons. The van der Waals surface area contributed by atoms with Crippen LogP contribution in [0.1, 0.15) is 64.6 Å². The molecule has 27 heavy (non-hydrogen) atoms. The Morgan fingerprint density at radius 1 is 1.22 bits per heavy atom. The van der Waals surface area contributed by atoms with Gasteiger partial charge in [-0.15, -0.1) is 0 Å². The Morgan fingerprint density at radius 3 is 2.26 bits per heavy atom. The van der Waals surface area contributed by atoms with Crippen LogP contribution in [-0.2, 0) is 16.0 Å². The van der Waals surface area contributed by atoms with Gasteiger partial charge in [-0.3, -0.25) is 4.79 Å². The smallest absolute Gasteiger partial charge is 0.410 e. The average Bonchev–Trinajstić information content (AvgIpc) is 2.60. The molecule has 0 aromatic heterocycles. The first-order chi connectivity index (χ1) is 12.5. The topological polar surface area (TPSA) is 58.6 Å². The lowest BCUT2D eigenvalue weighted by Gasteiger charge is -2.38. The Morgan fingerprint density at radius 2 is 1.78 bits per heavy atom. The van der Waals surface area contributed by atoms with Crippen molar-refractivity contribution in [3.63, 3.8) is 0 Å². The molecule has 0 unspecified atom stereocenters. The lowest BCUT2D eigenvalue weighted by molar-refractivity contribution is -0.125. The number of rotatable bonds is 4. The molecule has 1 fully saturated rings. The fraction of sp³-hybridized carbons (Fsp3) is 0.619. The normalized spacial score (nSPS) is 17.9. The summed E-state index contributed by atoms with van der Waals surface area (Å²) in [5.41, 5.74) is 1.85. The third-order valence-electron chi connectivity index (χ3n) is 4.85. The van der Waals surface area contributed by atoms with E-state index in [-0.39, 0.29) is 18.0 Å². The first kappa shape index (κ1) is 21.7. The van der Waals surface area contributed by atoms with E-state index in [0.717, 1.165) is 12.0 Å². The summed E-state index contributed by atoms with van der Waals surface area (Å²) in [5, 5.41) is 3.11.